The number of unbranched alkanes of at least 4 members (excludes halogenated alkanes) is 15. The summed E-state index contributed by atoms with van der Waals surface area (Å²) in [5.41, 5.74) is 0. The van der Waals surface area contributed by atoms with Crippen molar-refractivity contribution in [2.75, 3.05) is 6.16 Å². The minimum Gasteiger partial charge on any atom is -0.161 e. The summed E-state index contributed by atoms with van der Waals surface area (Å²) in [5, 5.41) is 0. The molecule has 0 aromatic rings. The molecule has 0 amide bonds. The topological polar surface area (TPSA) is 37.3 Å². The molecule has 1 unspecified atom stereocenters. The molecule has 0 fully saturated rings. The molecule has 0 heterocycles. The van der Waals surface area contributed by atoms with Gasteiger partial charge >= 0.3 is 8.03 Å². The van der Waals surface area contributed by atoms with Crippen molar-refractivity contribution in [1.82, 2.24) is 0 Å². The average Bonchev–Trinajstić information content (AvgIpc) is 2.46. The summed E-state index contributed by atoms with van der Waals surface area (Å²) in [6.45, 7) is 2.28. The first kappa shape index (κ1) is 24.8. The van der Waals surface area contributed by atoms with E-state index in [1.807, 2.05) is 0 Å². The van der Waals surface area contributed by atoms with Crippen molar-refractivity contribution in [3.8, 4) is 0 Å². The summed E-state index contributed by atoms with van der Waals surface area (Å²) in [4.78, 5) is 8.68. The van der Waals surface area contributed by atoms with E-state index in [9.17, 15) is 4.57 Å². The van der Waals surface area contributed by atoms with Gasteiger partial charge in [-0.3, -0.25) is 0 Å². The molecule has 1 N–H and O–H groups in total. The first-order valence-electron chi connectivity index (χ1n) is 9.41. The third-order valence-electron chi connectivity index (χ3n) is 4.20. The fraction of sp³-hybridized carbons (Fsp3) is 1.00. The molecule has 0 aliphatic carbocycles. The Labute approximate surface area is 150 Å². The predicted molar refractivity (Wildman–Crippen MR) is 94.2 cm³/mol. The Hall–Kier alpha value is 0.579. The van der Waals surface area contributed by atoms with E-state index in [4.69, 9.17) is 4.89 Å². The van der Waals surface area contributed by atoms with Crippen LogP contribution in [0.5, 0.6) is 0 Å². The summed E-state index contributed by atoms with van der Waals surface area (Å²) < 4.78 is 10.5. The predicted octanol–water partition coefficient (Wildman–Crippen LogP) is 6.98. The van der Waals surface area contributed by atoms with E-state index in [-0.39, 0.29) is 17.1 Å². The van der Waals surface area contributed by atoms with Gasteiger partial charge in [0.15, 0.2) is 6.16 Å². The van der Waals surface area contributed by atoms with Gasteiger partial charge in [0, 0.05) is 17.1 Å². The van der Waals surface area contributed by atoms with Crippen molar-refractivity contribution in [3.63, 3.8) is 0 Å². The van der Waals surface area contributed by atoms with Gasteiger partial charge in [-0.25, -0.2) is 0 Å². The maximum atomic E-state index is 10.5. The summed E-state index contributed by atoms with van der Waals surface area (Å²) >= 11 is 0. The Morgan fingerprint density at radius 1 is 0.591 bits per heavy atom. The zero-order chi connectivity index (χ0) is 15.6. The van der Waals surface area contributed by atoms with Gasteiger partial charge in [-0.15, -0.1) is 0 Å². The van der Waals surface area contributed by atoms with Crippen LogP contribution in [0.4, 0.5) is 0 Å². The SMILES string of the molecule is CCCCCCCCCCCCCCCCCC[P+](=O)O.[Fe]. The van der Waals surface area contributed by atoms with Crippen LogP contribution in [0.3, 0.4) is 0 Å². The molecule has 0 saturated carbocycles. The third-order valence-corrected chi connectivity index (χ3v) is 4.90. The van der Waals surface area contributed by atoms with E-state index in [0.29, 0.717) is 6.16 Å². The number of rotatable bonds is 17. The molecule has 134 valence electrons. The standard InChI is InChI=1S/C18H37O2P.Fe/c1-2-3-4-5-6-7-8-9-10-11-12-13-14-15-16-17-18-21(19)20;/h2-18H2,1H3;/p+1. The second kappa shape index (κ2) is 21.6. The quantitative estimate of drug-likeness (QED) is 0.170. The molecule has 0 aromatic heterocycles. The summed E-state index contributed by atoms with van der Waals surface area (Å²) in [5.74, 6) is 0. The largest absolute Gasteiger partial charge is 0.505 e. The summed E-state index contributed by atoms with van der Waals surface area (Å²) in [6, 6.07) is 0. The molecule has 4 heteroatoms. The fourth-order valence-electron chi connectivity index (χ4n) is 2.80. The Kier molecular flexibility index (Phi) is 24.4. The van der Waals surface area contributed by atoms with Crippen LogP contribution in [0, 0.1) is 0 Å². The van der Waals surface area contributed by atoms with Crippen LogP contribution in [0.25, 0.3) is 0 Å². The van der Waals surface area contributed by atoms with Gasteiger partial charge < -0.3 is 0 Å². The molecular formula is C18H38FeO2P+. The van der Waals surface area contributed by atoms with Crippen LogP contribution in [0.1, 0.15) is 110 Å². The molecule has 22 heavy (non-hydrogen) atoms. The zero-order valence-corrected chi connectivity index (χ0v) is 16.7. The maximum absolute atomic E-state index is 10.5. The van der Waals surface area contributed by atoms with Crippen molar-refractivity contribution in [1.29, 1.82) is 0 Å². The fourth-order valence-corrected chi connectivity index (χ4v) is 3.29. The van der Waals surface area contributed by atoms with Crippen LogP contribution < -0.4 is 0 Å². The normalized spacial score (nSPS) is 11.3. The Bertz CT molecular complexity index is 225. The van der Waals surface area contributed by atoms with Crippen molar-refractivity contribution in [2.45, 2.75) is 110 Å². The monoisotopic (exact) mass is 373 g/mol. The molecule has 0 spiro atoms. The number of hydrogen-bond donors (Lipinski definition) is 1. The smallest absolute Gasteiger partial charge is 0.161 e. The van der Waals surface area contributed by atoms with Gasteiger partial charge in [-0.1, -0.05) is 96.8 Å². The van der Waals surface area contributed by atoms with E-state index in [1.165, 1.54) is 89.9 Å². The summed E-state index contributed by atoms with van der Waals surface area (Å²) in [7, 11) is -1.89. The molecule has 0 radical (unpaired) electrons. The van der Waals surface area contributed by atoms with E-state index in [2.05, 4.69) is 6.92 Å². The molecule has 0 bridgehead atoms. The first-order chi connectivity index (χ1) is 10.3. The minimum absolute atomic E-state index is 0. The van der Waals surface area contributed by atoms with Crippen LogP contribution in [0.2, 0.25) is 0 Å². The van der Waals surface area contributed by atoms with Crippen molar-refractivity contribution in [3.05, 3.63) is 0 Å². The minimum atomic E-state index is -1.89. The molecular weight excluding hydrogens is 335 g/mol. The molecule has 1 atom stereocenters. The van der Waals surface area contributed by atoms with Gasteiger partial charge in [0.2, 0.25) is 0 Å². The molecule has 0 rings (SSSR count). The van der Waals surface area contributed by atoms with Gasteiger partial charge in [0.1, 0.15) is 0 Å². The Balaban J connectivity index is 0. The number of hydrogen-bond acceptors (Lipinski definition) is 1. The molecule has 0 aromatic carbocycles. The van der Waals surface area contributed by atoms with Gasteiger partial charge in [-0.05, 0) is 17.4 Å². The van der Waals surface area contributed by atoms with Crippen LogP contribution in [-0.4, -0.2) is 11.1 Å². The van der Waals surface area contributed by atoms with Gasteiger partial charge in [0.05, 0.1) is 0 Å². The van der Waals surface area contributed by atoms with Crippen molar-refractivity contribution < 1.29 is 26.5 Å². The summed E-state index contributed by atoms with van der Waals surface area (Å²) in [6.07, 6.45) is 22.0. The molecule has 2 nitrogen and oxygen atoms in total. The molecule has 0 aliphatic heterocycles. The van der Waals surface area contributed by atoms with E-state index >= 15 is 0 Å². The average molecular weight is 373 g/mol. The second-order valence-electron chi connectivity index (χ2n) is 6.38. The Morgan fingerprint density at radius 3 is 1.14 bits per heavy atom. The zero-order valence-electron chi connectivity index (χ0n) is 14.7. The van der Waals surface area contributed by atoms with Crippen LogP contribution in [0.15, 0.2) is 0 Å². The van der Waals surface area contributed by atoms with E-state index in [1.54, 1.807) is 0 Å². The first-order valence-corrected chi connectivity index (χ1v) is 10.8. The van der Waals surface area contributed by atoms with Crippen molar-refractivity contribution in [2.24, 2.45) is 0 Å². The Morgan fingerprint density at radius 2 is 0.864 bits per heavy atom. The van der Waals surface area contributed by atoms with Gasteiger partial charge in [-0.2, -0.15) is 4.89 Å². The van der Waals surface area contributed by atoms with Crippen molar-refractivity contribution >= 4 is 8.03 Å². The molecule has 0 saturated heterocycles. The third kappa shape index (κ3) is 22.9. The van der Waals surface area contributed by atoms with Crippen LogP contribution in [-0.2, 0) is 21.6 Å². The maximum Gasteiger partial charge on any atom is 0.505 e. The van der Waals surface area contributed by atoms with Gasteiger partial charge in [0.25, 0.3) is 0 Å². The van der Waals surface area contributed by atoms with Crippen LogP contribution >= 0.6 is 8.03 Å². The van der Waals surface area contributed by atoms with E-state index < -0.39 is 8.03 Å². The van der Waals surface area contributed by atoms with E-state index in [0.717, 1.165) is 12.8 Å². The second-order valence-corrected chi connectivity index (χ2v) is 7.53. The molecule has 0 aliphatic rings.